The highest BCUT2D eigenvalue weighted by Crippen LogP contribution is 2.43. The summed E-state index contributed by atoms with van der Waals surface area (Å²) in [6.07, 6.45) is 28.6. The predicted molar refractivity (Wildman–Crippen MR) is 200 cm³/mol. The van der Waals surface area contributed by atoms with E-state index in [-0.39, 0.29) is 0 Å². The number of anilines is 2. The molecule has 44 heavy (non-hydrogen) atoms. The first kappa shape index (κ1) is 39.2. The summed E-state index contributed by atoms with van der Waals surface area (Å²) in [6.45, 7) is 5.59. The fourth-order valence-electron chi connectivity index (χ4n) is 5.18. The molecule has 0 heterocycles. The quantitative estimate of drug-likeness (QED) is 0.0274. The van der Waals surface area contributed by atoms with Crippen molar-refractivity contribution in [3.05, 3.63) is 48.5 Å². The molecule has 0 aliphatic rings. The Morgan fingerprint density at radius 1 is 0.500 bits per heavy atom. The van der Waals surface area contributed by atoms with Crippen LogP contribution in [0.3, 0.4) is 0 Å². The zero-order chi connectivity index (χ0) is 31.2. The van der Waals surface area contributed by atoms with Gasteiger partial charge in [-0.1, -0.05) is 182 Å². The molecule has 0 unspecified atom stereocenters. The van der Waals surface area contributed by atoms with Gasteiger partial charge in [-0.15, -0.1) is 9.32 Å². The van der Waals surface area contributed by atoms with Crippen LogP contribution in [-0.2, 0) is 9.32 Å². The van der Waals surface area contributed by atoms with E-state index < -0.39 is 0 Å². The average Bonchev–Trinajstić information content (AvgIpc) is 3.05. The van der Waals surface area contributed by atoms with Gasteiger partial charge in [-0.05, 0) is 37.1 Å². The fourth-order valence-corrected chi connectivity index (χ4v) is 7.94. The Kier molecular flexibility index (Phi) is 26.2. The van der Waals surface area contributed by atoms with Crippen LogP contribution >= 0.6 is 33.6 Å². The van der Waals surface area contributed by atoms with Crippen molar-refractivity contribution >= 4 is 45.0 Å². The second-order valence-corrected chi connectivity index (χ2v) is 14.9. The van der Waals surface area contributed by atoms with Crippen LogP contribution in [0.1, 0.15) is 149 Å². The minimum atomic E-state index is 0.913. The van der Waals surface area contributed by atoms with Crippen LogP contribution in [0.25, 0.3) is 0 Å². The molecule has 0 saturated carbocycles. The second-order valence-electron chi connectivity index (χ2n) is 11.9. The zero-order valence-electron chi connectivity index (χ0n) is 27.9. The summed E-state index contributed by atoms with van der Waals surface area (Å²) in [7, 11) is 3.51. The standard InChI is InChI=1S/C37H62N2O2S3/c1-3-5-7-9-11-13-15-16-18-20-26-32-38-34-28-22-24-30-36(34)43-44-37-31-25-23-29-35(37)39-40-41-42-33-27-21-19-17-14-12-10-8-6-4-2/h22-25,28-31,38-39H,3-21,26-27,32-33H2,1-2H3. The number of para-hydroxylation sites is 2. The SMILES string of the molecule is CCCCCCCCCCCCCNc1ccccc1SSc1ccccc1NOOSCCCCCCCCCCCC. The van der Waals surface area contributed by atoms with Gasteiger partial charge in [-0.3, -0.25) is 0 Å². The molecule has 0 aliphatic heterocycles. The first-order chi connectivity index (χ1) is 21.8. The van der Waals surface area contributed by atoms with Crippen LogP contribution in [-0.4, -0.2) is 12.3 Å². The lowest BCUT2D eigenvalue weighted by Crippen LogP contribution is -2.02. The molecule has 0 bridgehead atoms. The summed E-state index contributed by atoms with van der Waals surface area (Å²) in [4.78, 5) is 7.69. The van der Waals surface area contributed by atoms with E-state index in [9.17, 15) is 0 Å². The number of rotatable bonds is 31. The van der Waals surface area contributed by atoms with Crippen molar-refractivity contribution in [3.63, 3.8) is 0 Å². The Bertz CT molecular complexity index is 918. The minimum absolute atomic E-state index is 0.913. The van der Waals surface area contributed by atoms with Gasteiger partial charge in [-0.25, -0.2) is 5.48 Å². The maximum absolute atomic E-state index is 5.35. The summed E-state index contributed by atoms with van der Waals surface area (Å²) in [5.41, 5.74) is 5.11. The van der Waals surface area contributed by atoms with Gasteiger partial charge in [0.05, 0.1) is 5.69 Å². The zero-order valence-corrected chi connectivity index (χ0v) is 30.4. The summed E-state index contributed by atoms with van der Waals surface area (Å²) in [6, 6.07) is 16.8. The monoisotopic (exact) mass is 662 g/mol. The molecule has 2 aromatic carbocycles. The van der Waals surface area contributed by atoms with Gasteiger partial charge < -0.3 is 5.32 Å². The number of hydrogen-bond acceptors (Lipinski definition) is 7. The third-order valence-corrected chi connectivity index (χ3v) is 11.0. The average molecular weight is 663 g/mol. The van der Waals surface area contributed by atoms with Crippen LogP contribution in [0.5, 0.6) is 0 Å². The van der Waals surface area contributed by atoms with Crippen LogP contribution in [0.2, 0.25) is 0 Å². The molecule has 0 amide bonds. The van der Waals surface area contributed by atoms with Crippen molar-refractivity contribution < 1.29 is 9.32 Å². The van der Waals surface area contributed by atoms with E-state index in [1.54, 1.807) is 21.6 Å². The van der Waals surface area contributed by atoms with Crippen molar-refractivity contribution in [3.8, 4) is 0 Å². The van der Waals surface area contributed by atoms with Crippen LogP contribution in [0.4, 0.5) is 11.4 Å². The maximum Gasteiger partial charge on any atom is 0.0779 e. The van der Waals surface area contributed by atoms with Crippen molar-refractivity contribution in [2.75, 3.05) is 23.1 Å². The van der Waals surface area contributed by atoms with E-state index in [1.165, 1.54) is 157 Å². The first-order valence-corrected chi connectivity index (χ1v) is 20.9. The molecule has 250 valence electrons. The normalized spacial score (nSPS) is 11.2. The van der Waals surface area contributed by atoms with Gasteiger partial charge in [0.25, 0.3) is 0 Å². The summed E-state index contributed by atoms with van der Waals surface area (Å²) in [5.74, 6) is 0.952. The maximum atomic E-state index is 5.35. The van der Waals surface area contributed by atoms with Gasteiger partial charge in [0.2, 0.25) is 0 Å². The van der Waals surface area contributed by atoms with Crippen LogP contribution in [0, 0.1) is 0 Å². The topological polar surface area (TPSA) is 42.5 Å². The fraction of sp³-hybridized carbons (Fsp3) is 0.676. The van der Waals surface area contributed by atoms with E-state index in [4.69, 9.17) is 9.32 Å². The van der Waals surface area contributed by atoms with Crippen LogP contribution < -0.4 is 10.8 Å². The Morgan fingerprint density at radius 2 is 0.932 bits per heavy atom. The highest BCUT2D eigenvalue weighted by atomic mass is 33.1. The lowest BCUT2D eigenvalue weighted by Gasteiger charge is -2.13. The van der Waals surface area contributed by atoms with Gasteiger partial charge in [0, 0.05) is 39.8 Å². The van der Waals surface area contributed by atoms with Crippen LogP contribution in [0.15, 0.2) is 58.3 Å². The van der Waals surface area contributed by atoms with Gasteiger partial charge in [0.1, 0.15) is 0 Å². The molecule has 7 heteroatoms. The third kappa shape index (κ3) is 20.9. The largest absolute Gasteiger partial charge is 0.384 e. The molecule has 4 nitrogen and oxygen atoms in total. The molecule has 0 atom stereocenters. The van der Waals surface area contributed by atoms with E-state index in [0.29, 0.717) is 0 Å². The van der Waals surface area contributed by atoms with Crippen molar-refractivity contribution in [1.82, 2.24) is 0 Å². The molecular formula is C37H62N2O2S3. The molecule has 0 aliphatic carbocycles. The molecule has 2 rings (SSSR count). The van der Waals surface area contributed by atoms with Gasteiger partial charge in [-0.2, -0.15) is 0 Å². The minimum Gasteiger partial charge on any atom is -0.384 e. The second kappa shape index (κ2) is 29.4. The smallest absolute Gasteiger partial charge is 0.0779 e. The summed E-state index contributed by atoms with van der Waals surface area (Å²) < 4.78 is 5.35. The Balaban J connectivity index is 1.55. The highest BCUT2D eigenvalue weighted by molar-refractivity contribution is 8.76. The molecule has 0 fully saturated rings. The number of nitrogens with one attached hydrogen (secondary N) is 2. The van der Waals surface area contributed by atoms with Gasteiger partial charge >= 0.3 is 0 Å². The molecular weight excluding hydrogens is 601 g/mol. The Morgan fingerprint density at radius 3 is 1.48 bits per heavy atom. The summed E-state index contributed by atoms with van der Waals surface area (Å²) >= 11 is 1.38. The highest BCUT2D eigenvalue weighted by Gasteiger charge is 2.08. The van der Waals surface area contributed by atoms with Crippen molar-refractivity contribution in [1.29, 1.82) is 0 Å². The first-order valence-electron chi connectivity index (χ1n) is 17.8. The van der Waals surface area contributed by atoms with Crippen molar-refractivity contribution in [2.45, 2.75) is 158 Å². The number of hydrogen-bond donors (Lipinski definition) is 2. The van der Waals surface area contributed by atoms with E-state index in [1.807, 2.05) is 12.1 Å². The molecule has 0 spiro atoms. The third-order valence-electron chi connectivity index (χ3n) is 7.91. The molecule has 0 aromatic heterocycles. The van der Waals surface area contributed by atoms with Crippen molar-refractivity contribution in [2.24, 2.45) is 0 Å². The number of unbranched alkanes of at least 4 members (excludes halogenated alkanes) is 19. The summed E-state index contributed by atoms with van der Waals surface area (Å²) in [5, 5.41) is 3.68. The lowest BCUT2D eigenvalue weighted by molar-refractivity contribution is -0.161. The molecule has 2 N–H and O–H groups in total. The lowest BCUT2D eigenvalue weighted by atomic mass is 10.1. The van der Waals surface area contributed by atoms with E-state index in [0.717, 1.165) is 22.9 Å². The predicted octanol–water partition coefficient (Wildman–Crippen LogP) is 14.1. The van der Waals surface area contributed by atoms with Gasteiger partial charge in [0.15, 0.2) is 0 Å². The molecule has 2 aromatic rings. The molecule has 0 saturated heterocycles. The van der Waals surface area contributed by atoms with E-state index >= 15 is 0 Å². The Hall–Kier alpha value is -0.990. The number of benzene rings is 2. The Labute approximate surface area is 283 Å². The van der Waals surface area contributed by atoms with E-state index in [2.05, 4.69) is 61.0 Å². The molecule has 0 radical (unpaired) electrons.